The van der Waals surface area contributed by atoms with Gasteiger partial charge in [-0.2, -0.15) is 0 Å². The van der Waals surface area contributed by atoms with Crippen LogP contribution in [0.15, 0.2) is 18.2 Å². The van der Waals surface area contributed by atoms with Gasteiger partial charge in [0, 0.05) is 12.7 Å². The van der Waals surface area contributed by atoms with Gasteiger partial charge in [-0.15, -0.1) is 0 Å². The van der Waals surface area contributed by atoms with Crippen LogP contribution in [0, 0.1) is 13.8 Å². The summed E-state index contributed by atoms with van der Waals surface area (Å²) in [7, 11) is 1.64. The first-order valence-electron chi connectivity index (χ1n) is 6.11. The Balaban J connectivity index is 2.10. The number of carbonyl (C=O) groups excluding carboxylic acids is 1. The van der Waals surface area contributed by atoms with Gasteiger partial charge in [0.25, 0.3) is 5.91 Å². The molecule has 1 aromatic carbocycles. The first kappa shape index (κ1) is 13.1. The topological polar surface area (TPSA) is 47.6 Å². The highest BCUT2D eigenvalue weighted by Crippen LogP contribution is 2.14. The Labute approximate surface area is 107 Å². The van der Waals surface area contributed by atoms with Crippen LogP contribution in [0.4, 0.5) is 0 Å². The number of methoxy groups -OCH3 is 1. The van der Waals surface area contributed by atoms with E-state index in [1.54, 1.807) is 7.11 Å². The largest absolute Gasteiger partial charge is 0.377 e. The lowest BCUT2D eigenvalue weighted by atomic mass is 10.0. The van der Waals surface area contributed by atoms with Gasteiger partial charge in [-0.05, 0) is 31.0 Å². The SMILES string of the molecule is CO[C@H]1COC[C@@H]1NC(=O)c1cccc(C)c1C. The van der Waals surface area contributed by atoms with Crippen LogP contribution in [0.5, 0.6) is 0 Å². The van der Waals surface area contributed by atoms with Crippen molar-refractivity contribution in [1.82, 2.24) is 5.32 Å². The first-order chi connectivity index (χ1) is 8.63. The molecule has 0 spiro atoms. The summed E-state index contributed by atoms with van der Waals surface area (Å²) in [4.78, 5) is 12.2. The number of amides is 1. The predicted molar refractivity (Wildman–Crippen MR) is 68.8 cm³/mol. The molecule has 1 heterocycles. The highest BCUT2D eigenvalue weighted by Gasteiger charge is 2.29. The molecule has 4 heteroatoms. The van der Waals surface area contributed by atoms with Gasteiger partial charge in [0.2, 0.25) is 0 Å². The number of ether oxygens (including phenoxy) is 2. The van der Waals surface area contributed by atoms with Crippen molar-refractivity contribution in [2.75, 3.05) is 20.3 Å². The molecule has 4 nitrogen and oxygen atoms in total. The van der Waals surface area contributed by atoms with Crippen molar-refractivity contribution < 1.29 is 14.3 Å². The highest BCUT2D eigenvalue weighted by molar-refractivity contribution is 5.96. The molecule has 1 aliphatic heterocycles. The van der Waals surface area contributed by atoms with Crippen molar-refractivity contribution in [1.29, 1.82) is 0 Å². The molecule has 18 heavy (non-hydrogen) atoms. The molecule has 1 N–H and O–H groups in total. The predicted octanol–water partition coefficient (Wildman–Crippen LogP) is 1.45. The Morgan fingerprint density at radius 1 is 1.39 bits per heavy atom. The minimum atomic E-state index is -0.0672. The minimum Gasteiger partial charge on any atom is -0.377 e. The fraction of sp³-hybridized carbons (Fsp3) is 0.500. The summed E-state index contributed by atoms with van der Waals surface area (Å²) in [6, 6.07) is 5.68. The van der Waals surface area contributed by atoms with E-state index in [0.29, 0.717) is 13.2 Å². The second-order valence-electron chi connectivity index (χ2n) is 4.64. The molecular formula is C14H19NO3. The second-order valence-corrected chi connectivity index (χ2v) is 4.64. The molecular weight excluding hydrogens is 230 g/mol. The summed E-state index contributed by atoms with van der Waals surface area (Å²) < 4.78 is 10.6. The first-order valence-corrected chi connectivity index (χ1v) is 6.11. The molecule has 1 amide bonds. The third-order valence-electron chi connectivity index (χ3n) is 3.50. The average molecular weight is 249 g/mol. The summed E-state index contributed by atoms with van der Waals surface area (Å²) in [6.45, 7) is 5.01. The number of rotatable bonds is 3. The summed E-state index contributed by atoms with van der Waals surface area (Å²) in [5, 5.41) is 2.98. The third-order valence-corrected chi connectivity index (χ3v) is 3.50. The van der Waals surface area contributed by atoms with Crippen molar-refractivity contribution in [3.05, 3.63) is 34.9 Å². The Morgan fingerprint density at radius 3 is 2.89 bits per heavy atom. The Bertz CT molecular complexity index is 445. The standard InChI is InChI=1S/C14H19NO3/c1-9-5-4-6-11(10(9)2)14(16)15-12-7-18-8-13(12)17-3/h4-6,12-13H,7-8H2,1-3H3,(H,15,16)/t12-,13-/m0/s1. The zero-order chi connectivity index (χ0) is 13.1. The Kier molecular flexibility index (Phi) is 3.99. The number of benzene rings is 1. The average Bonchev–Trinajstić information content (AvgIpc) is 2.79. The number of hydrogen-bond donors (Lipinski definition) is 1. The van der Waals surface area contributed by atoms with Crippen LogP contribution in [0.25, 0.3) is 0 Å². The summed E-state index contributed by atoms with van der Waals surface area (Å²) in [6.07, 6.45) is -0.0564. The van der Waals surface area contributed by atoms with Crippen LogP contribution in [0.3, 0.4) is 0 Å². The van der Waals surface area contributed by atoms with E-state index in [4.69, 9.17) is 9.47 Å². The highest BCUT2D eigenvalue weighted by atomic mass is 16.5. The molecule has 0 saturated carbocycles. The van der Waals surface area contributed by atoms with Gasteiger partial charge in [0.15, 0.2) is 0 Å². The van der Waals surface area contributed by atoms with E-state index in [-0.39, 0.29) is 18.1 Å². The molecule has 1 aliphatic rings. The number of nitrogens with one attached hydrogen (secondary N) is 1. The van der Waals surface area contributed by atoms with Gasteiger partial charge in [-0.25, -0.2) is 0 Å². The van der Waals surface area contributed by atoms with Crippen LogP contribution in [0.2, 0.25) is 0 Å². The summed E-state index contributed by atoms with van der Waals surface area (Å²) in [5.41, 5.74) is 2.85. The quantitative estimate of drug-likeness (QED) is 0.882. The maximum atomic E-state index is 12.2. The molecule has 0 aliphatic carbocycles. The molecule has 1 fully saturated rings. The fourth-order valence-corrected chi connectivity index (χ4v) is 2.14. The van der Waals surface area contributed by atoms with Crippen LogP contribution in [-0.2, 0) is 9.47 Å². The van der Waals surface area contributed by atoms with E-state index in [0.717, 1.165) is 16.7 Å². The van der Waals surface area contributed by atoms with Crippen molar-refractivity contribution in [2.24, 2.45) is 0 Å². The van der Waals surface area contributed by atoms with Crippen molar-refractivity contribution in [3.8, 4) is 0 Å². The smallest absolute Gasteiger partial charge is 0.251 e. The van der Waals surface area contributed by atoms with Gasteiger partial charge in [-0.1, -0.05) is 12.1 Å². The summed E-state index contributed by atoms with van der Waals surface area (Å²) >= 11 is 0. The van der Waals surface area contributed by atoms with E-state index in [2.05, 4.69) is 5.32 Å². The fourth-order valence-electron chi connectivity index (χ4n) is 2.14. The van der Waals surface area contributed by atoms with E-state index in [1.165, 1.54) is 0 Å². The van der Waals surface area contributed by atoms with Crippen LogP contribution in [-0.4, -0.2) is 38.4 Å². The summed E-state index contributed by atoms with van der Waals surface area (Å²) in [5.74, 6) is -0.0613. The van der Waals surface area contributed by atoms with E-state index >= 15 is 0 Å². The third kappa shape index (κ3) is 2.54. The van der Waals surface area contributed by atoms with Crippen LogP contribution in [0.1, 0.15) is 21.5 Å². The zero-order valence-corrected chi connectivity index (χ0v) is 11.0. The molecule has 0 unspecified atom stereocenters. The molecule has 1 saturated heterocycles. The van der Waals surface area contributed by atoms with Gasteiger partial charge in [0.1, 0.15) is 6.10 Å². The van der Waals surface area contributed by atoms with Gasteiger partial charge in [0.05, 0.1) is 19.3 Å². The van der Waals surface area contributed by atoms with E-state index in [9.17, 15) is 4.79 Å². The Hall–Kier alpha value is -1.39. The van der Waals surface area contributed by atoms with E-state index < -0.39 is 0 Å². The zero-order valence-electron chi connectivity index (χ0n) is 11.0. The Morgan fingerprint density at radius 2 is 2.17 bits per heavy atom. The van der Waals surface area contributed by atoms with Gasteiger partial charge < -0.3 is 14.8 Å². The molecule has 1 aromatic rings. The van der Waals surface area contributed by atoms with Crippen molar-refractivity contribution in [2.45, 2.75) is 26.0 Å². The van der Waals surface area contributed by atoms with Crippen LogP contribution >= 0.6 is 0 Å². The van der Waals surface area contributed by atoms with Gasteiger partial charge in [-0.3, -0.25) is 4.79 Å². The molecule has 0 radical (unpaired) electrons. The molecule has 2 atom stereocenters. The second kappa shape index (κ2) is 5.50. The maximum absolute atomic E-state index is 12.2. The molecule has 98 valence electrons. The molecule has 0 bridgehead atoms. The number of hydrogen-bond acceptors (Lipinski definition) is 3. The van der Waals surface area contributed by atoms with Gasteiger partial charge >= 0.3 is 0 Å². The maximum Gasteiger partial charge on any atom is 0.251 e. The minimum absolute atomic E-state index is 0.0564. The number of carbonyl (C=O) groups is 1. The monoisotopic (exact) mass is 249 g/mol. The molecule has 0 aromatic heterocycles. The lowest BCUT2D eigenvalue weighted by Crippen LogP contribution is -2.43. The van der Waals surface area contributed by atoms with Crippen molar-refractivity contribution in [3.63, 3.8) is 0 Å². The normalized spacial score (nSPS) is 23.1. The lowest BCUT2D eigenvalue weighted by molar-refractivity contribution is 0.0685. The van der Waals surface area contributed by atoms with Crippen LogP contribution < -0.4 is 5.32 Å². The molecule has 2 rings (SSSR count). The van der Waals surface area contributed by atoms with Crippen molar-refractivity contribution >= 4 is 5.91 Å². The lowest BCUT2D eigenvalue weighted by Gasteiger charge is -2.18. The van der Waals surface area contributed by atoms with E-state index in [1.807, 2.05) is 32.0 Å². The number of aryl methyl sites for hydroxylation is 1.